The summed E-state index contributed by atoms with van der Waals surface area (Å²) < 4.78 is 11.1. The Morgan fingerprint density at radius 3 is 2.59 bits per heavy atom. The van der Waals surface area contributed by atoms with Crippen molar-refractivity contribution in [1.82, 2.24) is 4.98 Å². The first-order chi connectivity index (χ1) is 10.5. The molecule has 0 saturated carbocycles. The SMILES string of the molecule is CC(C)(Sc1cnccc1-c1ccc(C#N)cc1)C(=O)OF. The fourth-order valence-electron chi connectivity index (χ4n) is 1.83. The summed E-state index contributed by atoms with van der Waals surface area (Å²) in [6.07, 6.45) is 3.25. The van der Waals surface area contributed by atoms with Crippen LogP contribution in [0.15, 0.2) is 47.6 Å². The van der Waals surface area contributed by atoms with Crippen LogP contribution in [0.3, 0.4) is 0 Å². The zero-order valence-electron chi connectivity index (χ0n) is 12.0. The number of carbonyl (C=O) groups excluding carboxylic acids is 1. The van der Waals surface area contributed by atoms with Crippen molar-refractivity contribution < 1.29 is 14.3 Å². The van der Waals surface area contributed by atoms with Crippen LogP contribution in [0.5, 0.6) is 0 Å². The van der Waals surface area contributed by atoms with Gasteiger partial charge in [-0.25, -0.2) is 4.79 Å². The van der Waals surface area contributed by atoms with E-state index >= 15 is 0 Å². The summed E-state index contributed by atoms with van der Waals surface area (Å²) in [5, 5.41) is 8.84. The lowest BCUT2D eigenvalue weighted by Crippen LogP contribution is -2.28. The van der Waals surface area contributed by atoms with Gasteiger partial charge >= 0.3 is 5.97 Å². The first kappa shape index (κ1) is 16.0. The van der Waals surface area contributed by atoms with Crippen LogP contribution < -0.4 is 0 Å². The molecule has 0 amide bonds. The molecule has 0 aliphatic rings. The van der Waals surface area contributed by atoms with Gasteiger partial charge in [0.1, 0.15) is 4.75 Å². The van der Waals surface area contributed by atoms with E-state index in [2.05, 4.69) is 16.0 Å². The molecular formula is C16H13FN2O2S. The minimum Gasteiger partial charge on any atom is -0.264 e. The van der Waals surface area contributed by atoms with Crippen LogP contribution >= 0.6 is 11.8 Å². The van der Waals surface area contributed by atoms with Crippen LogP contribution in [0.1, 0.15) is 19.4 Å². The molecular weight excluding hydrogens is 303 g/mol. The molecule has 0 aliphatic heterocycles. The number of pyridine rings is 1. The van der Waals surface area contributed by atoms with Gasteiger partial charge in [0.05, 0.1) is 11.6 Å². The highest BCUT2D eigenvalue weighted by Gasteiger charge is 2.32. The Bertz CT molecular complexity index is 724. The Morgan fingerprint density at radius 1 is 1.32 bits per heavy atom. The third-order valence-corrected chi connectivity index (χ3v) is 4.26. The number of benzene rings is 1. The number of aromatic nitrogens is 1. The van der Waals surface area contributed by atoms with Crippen LogP contribution in [-0.2, 0) is 9.74 Å². The average Bonchev–Trinajstić information content (AvgIpc) is 2.54. The van der Waals surface area contributed by atoms with Crippen LogP contribution in [0.4, 0.5) is 4.53 Å². The van der Waals surface area contributed by atoms with Gasteiger partial charge in [-0.3, -0.25) is 9.93 Å². The average molecular weight is 316 g/mol. The maximum Gasteiger partial charge on any atom is 0.364 e. The smallest absolute Gasteiger partial charge is 0.264 e. The Morgan fingerprint density at radius 2 is 2.00 bits per heavy atom. The second-order valence-corrected chi connectivity index (χ2v) is 6.70. The number of hydrogen-bond donors (Lipinski definition) is 0. The second-order valence-electron chi connectivity index (χ2n) is 5.04. The highest BCUT2D eigenvalue weighted by atomic mass is 32.2. The second kappa shape index (κ2) is 6.58. The van der Waals surface area contributed by atoms with Crippen LogP contribution in [0.25, 0.3) is 11.1 Å². The van der Waals surface area contributed by atoms with E-state index in [1.54, 1.807) is 44.4 Å². The summed E-state index contributed by atoms with van der Waals surface area (Å²) in [6.45, 7) is 3.16. The zero-order chi connectivity index (χ0) is 16.2. The Labute approximate surface area is 131 Å². The maximum absolute atomic E-state index is 12.2. The molecule has 0 N–H and O–H groups in total. The van der Waals surface area contributed by atoms with Gasteiger partial charge in [0.15, 0.2) is 0 Å². The molecule has 1 aromatic heterocycles. The highest BCUT2D eigenvalue weighted by molar-refractivity contribution is 8.01. The van der Waals surface area contributed by atoms with Gasteiger partial charge in [-0.2, -0.15) is 5.26 Å². The number of halogens is 1. The highest BCUT2D eigenvalue weighted by Crippen LogP contribution is 2.39. The van der Waals surface area contributed by atoms with Crippen molar-refractivity contribution in [1.29, 1.82) is 5.26 Å². The third-order valence-electron chi connectivity index (χ3n) is 3.04. The number of thioether (sulfide) groups is 1. The summed E-state index contributed by atoms with van der Waals surface area (Å²) >= 11 is 1.17. The standard InChI is InChI=1S/C16H13FN2O2S/c1-16(2,15(20)21-17)22-14-10-19-8-7-13(14)12-5-3-11(9-18)4-6-12/h3-8,10H,1-2H3. The minimum absolute atomic E-state index is 0.563. The summed E-state index contributed by atoms with van der Waals surface area (Å²) in [5.41, 5.74) is 2.30. The van der Waals surface area contributed by atoms with E-state index in [1.807, 2.05) is 12.1 Å². The molecule has 22 heavy (non-hydrogen) atoms. The van der Waals surface area contributed by atoms with Gasteiger partial charge in [-0.05, 0) is 43.2 Å². The van der Waals surface area contributed by atoms with Crippen molar-refractivity contribution in [2.75, 3.05) is 0 Å². The molecule has 4 nitrogen and oxygen atoms in total. The molecule has 1 heterocycles. The van der Waals surface area contributed by atoms with E-state index < -0.39 is 10.7 Å². The van der Waals surface area contributed by atoms with Gasteiger partial charge in [0.25, 0.3) is 0 Å². The van der Waals surface area contributed by atoms with Crippen molar-refractivity contribution in [2.24, 2.45) is 0 Å². The largest absolute Gasteiger partial charge is 0.364 e. The Balaban J connectivity index is 2.38. The normalized spacial score (nSPS) is 10.8. The fourth-order valence-corrected chi connectivity index (χ4v) is 2.91. The van der Waals surface area contributed by atoms with Gasteiger partial charge < -0.3 is 0 Å². The maximum atomic E-state index is 12.2. The molecule has 0 saturated heterocycles. The van der Waals surface area contributed by atoms with Crippen molar-refractivity contribution in [3.8, 4) is 17.2 Å². The van der Waals surface area contributed by atoms with Crippen LogP contribution in [0, 0.1) is 11.3 Å². The van der Waals surface area contributed by atoms with Gasteiger partial charge in [-0.15, -0.1) is 11.8 Å². The Hall–Kier alpha value is -2.39. The lowest BCUT2D eigenvalue weighted by atomic mass is 10.1. The van der Waals surface area contributed by atoms with E-state index in [0.29, 0.717) is 5.56 Å². The molecule has 0 aliphatic carbocycles. The molecule has 0 atom stereocenters. The predicted octanol–water partition coefficient (Wildman–Crippen LogP) is 3.92. The number of rotatable bonds is 4. The van der Waals surface area contributed by atoms with E-state index in [-0.39, 0.29) is 0 Å². The first-order valence-electron chi connectivity index (χ1n) is 6.44. The fraction of sp³-hybridized carbons (Fsp3) is 0.188. The van der Waals surface area contributed by atoms with Crippen molar-refractivity contribution in [2.45, 2.75) is 23.5 Å². The third kappa shape index (κ3) is 3.43. The zero-order valence-corrected chi connectivity index (χ0v) is 12.9. The van der Waals surface area contributed by atoms with E-state index in [4.69, 9.17) is 5.26 Å². The van der Waals surface area contributed by atoms with Gasteiger partial charge in [0, 0.05) is 21.8 Å². The lowest BCUT2D eigenvalue weighted by molar-refractivity contribution is -0.185. The van der Waals surface area contributed by atoms with E-state index in [0.717, 1.165) is 16.0 Å². The van der Waals surface area contributed by atoms with Gasteiger partial charge in [0.2, 0.25) is 0 Å². The van der Waals surface area contributed by atoms with E-state index in [9.17, 15) is 9.32 Å². The van der Waals surface area contributed by atoms with E-state index in [1.165, 1.54) is 11.8 Å². The van der Waals surface area contributed by atoms with Crippen molar-refractivity contribution >= 4 is 17.7 Å². The first-order valence-corrected chi connectivity index (χ1v) is 7.26. The van der Waals surface area contributed by atoms with Crippen LogP contribution in [0.2, 0.25) is 0 Å². The van der Waals surface area contributed by atoms with Crippen LogP contribution in [-0.4, -0.2) is 15.7 Å². The number of nitrogens with zero attached hydrogens (tertiary/aromatic N) is 2. The lowest BCUT2D eigenvalue weighted by Gasteiger charge is -2.20. The molecule has 2 aromatic rings. The molecule has 2 rings (SSSR count). The molecule has 0 fully saturated rings. The minimum atomic E-state index is -1.08. The monoisotopic (exact) mass is 316 g/mol. The molecule has 0 spiro atoms. The van der Waals surface area contributed by atoms with Crippen molar-refractivity contribution in [3.63, 3.8) is 0 Å². The molecule has 0 bridgehead atoms. The topological polar surface area (TPSA) is 63.0 Å². The molecule has 112 valence electrons. The van der Waals surface area contributed by atoms with Crippen molar-refractivity contribution in [3.05, 3.63) is 48.3 Å². The summed E-state index contributed by atoms with van der Waals surface area (Å²) in [7, 11) is 0. The summed E-state index contributed by atoms with van der Waals surface area (Å²) in [5.74, 6) is -0.952. The number of carbonyl (C=O) groups is 1. The Kier molecular flexibility index (Phi) is 4.78. The molecule has 6 heteroatoms. The molecule has 0 radical (unpaired) electrons. The quantitative estimate of drug-likeness (QED) is 0.800. The summed E-state index contributed by atoms with van der Waals surface area (Å²) in [6, 6.07) is 10.9. The molecule has 0 unspecified atom stereocenters. The number of hydrogen-bond acceptors (Lipinski definition) is 5. The van der Waals surface area contributed by atoms with Gasteiger partial charge in [-0.1, -0.05) is 12.1 Å². The molecule has 1 aromatic carbocycles. The summed E-state index contributed by atoms with van der Waals surface area (Å²) in [4.78, 5) is 19.6. The number of nitriles is 1. The predicted molar refractivity (Wildman–Crippen MR) is 81.5 cm³/mol.